The Kier molecular flexibility index (Phi) is 4.33. The molecule has 1 N–H and O–H groups in total. The third-order valence-electron chi connectivity index (χ3n) is 3.75. The SMILES string of the molecule is Cc1c(F)cccc1-n1nnc(C(=O)NCc2cccnc2)c1C. The summed E-state index contributed by atoms with van der Waals surface area (Å²) in [5.41, 5.74) is 2.66. The summed E-state index contributed by atoms with van der Waals surface area (Å²) in [5, 5.41) is 10.7. The van der Waals surface area contributed by atoms with E-state index in [9.17, 15) is 9.18 Å². The van der Waals surface area contributed by atoms with E-state index < -0.39 is 0 Å². The van der Waals surface area contributed by atoms with Crippen LogP contribution in [0.5, 0.6) is 0 Å². The van der Waals surface area contributed by atoms with Gasteiger partial charge >= 0.3 is 0 Å². The molecule has 7 heteroatoms. The van der Waals surface area contributed by atoms with Gasteiger partial charge in [-0.1, -0.05) is 17.3 Å². The summed E-state index contributed by atoms with van der Waals surface area (Å²) in [7, 11) is 0. The van der Waals surface area contributed by atoms with E-state index in [4.69, 9.17) is 0 Å². The Bertz CT molecular complexity index is 876. The van der Waals surface area contributed by atoms with Crippen LogP contribution in [0.2, 0.25) is 0 Å². The number of halogens is 1. The van der Waals surface area contributed by atoms with Crippen molar-refractivity contribution in [2.24, 2.45) is 0 Å². The fraction of sp³-hybridized carbons (Fsp3) is 0.176. The molecule has 0 unspecified atom stereocenters. The lowest BCUT2D eigenvalue weighted by Crippen LogP contribution is -2.24. The van der Waals surface area contributed by atoms with Gasteiger partial charge in [-0.3, -0.25) is 9.78 Å². The van der Waals surface area contributed by atoms with Gasteiger partial charge < -0.3 is 5.32 Å². The number of nitrogens with zero attached hydrogens (tertiary/aromatic N) is 4. The minimum atomic E-state index is -0.336. The number of rotatable bonds is 4. The molecule has 0 aliphatic heterocycles. The van der Waals surface area contributed by atoms with Crippen LogP contribution in [-0.2, 0) is 6.54 Å². The highest BCUT2D eigenvalue weighted by atomic mass is 19.1. The summed E-state index contributed by atoms with van der Waals surface area (Å²) in [5.74, 6) is -0.665. The van der Waals surface area contributed by atoms with Gasteiger partial charge in [0.05, 0.1) is 11.4 Å². The number of hydrogen-bond acceptors (Lipinski definition) is 4. The predicted molar refractivity (Wildman–Crippen MR) is 86.2 cm³/mol. The van der Waals surface area contributed by atoms with Crippen molar-refractivity contribution in [1.82, 2.24) is 25.3 Å². The van der Waals surface area contributed by atoms with Crippen molar-refractivity contribution >= 4 is 5.91 Å². The average molecular weight is 325 g/mol. The number of nitrogens with one attached hydrogen (secondary N) is 1. The summed E-state index contributed by atoms with van der Waals surface area (Å²) >= 11 is 0. The molecule has 6 nitrogen and oxygen atoms in total. The Morgan fingerprint density at radius 2 is 2.08 bits per heavy atom. The number of aromatic nitrogens is 4. The molecule has 0 aliphatic carbocycles. The van der Waals surface area contributed by atoms with Crippen LogP contribution in [0.15, 0.2) is 42.7 Å². The standard InChI is InChI=1S/C17H16FN5O/c1-11-14(18)6-3-7-15(11)23-12(2)16(21-22-23)17(24)20-10-13-5-4-8-19-9-13/h3-9H,10H2,1-2H3,(H,20,24). The maximum absolute atomic E-state index is 13.7. The van der Waals surface area contributed by atoms with Crippen LogP contribution in [0.3, 0.4) is 0 Å². The lowest BCUT2D eigenvalue weighted by molar-refractivity contribution is 0.0945. The predicted octanol–water partition coefficient (Wildman–Crippen LogP) is 2.35. The molecule has 122 valence electrons. The normalized spacial score (nSPS) is 10.6. The summed E-state index contributed by atoms with van der Waals surface area (Å²) in [6.45, 7) is 3.73. The van der Waals surface area contributed by atoms with E-state index in [-0.39, 0.29) is 17.4 Å². The van der Waals surface area contributed by atoms with E-state index in [1.54, 1.807) is 44.4 Å². The van der Waals surface area contributed by atoms with Gasteiger partial charge in [-0.15, -0.1) is 5.10 Å². The Hall–Kier alpha value is -3.09. The van der Waals surface area contributed by atoms with Crippen LogP contribution in [0.1, 0.15) is 27.3 Å². The summed E-state index contributed by atoms with van der Waals surface area (Å²) in [6, 6.07) is 8.38. The first kappa shape index (κ1) is 15.8. The second kappa shape index (κ2) is 6.57. The molecule has 0 atom stereocenters. The third-order valence-corrected chi connectivity index (χ3v) is 3.75. The Morgan fingerprint density at radius 3 is 2.83 bits per heavy atom. The van der Waals surface area contributed by atoms with Crippen LogP contribution in [0, 0.1) is 19.7 Å². The Morgan fingerprint density at radius 1 is 1.25 bits per heavy atom. The molecule has 0 spiro atoms. The fourth-order valence-corrected chi connectivity index (χ4v) is 2.36. The molecule has 24 heavy (non-hydrogen) atoms. The summed E-state index contributed by atoms with van der Waals surface area (Å²) in [6.07, 6.45) is 3.35. The molecule has 2 aromatic heterocycles. The smallest absolute Gasteiger partial charge is 0.274 e. The molecule has 0 bridgehead atoms. The van der Waals surface area contributed by atoms with Gasteiger partial charge in [0.15, 0.2) is 5.69 Å². The molecule has 0 saturated heterocycles. The van der Waals surface area contributed by atoms with Gasteiger partial charge in [0, 0.05) is 24.5 Å². The van der Waals surface area contributed by atoms with E-state index in [0.717, 1.165) is 5.56 Å². The first-order valence-electron chi connectivity index (χ1n) is 7.43. The minimum absolute atomic E-state index is 0.211. The lowest BCUT2D eigenvalue weighted by atomic mass is 10.2. The number of benzene rings is 1. The first-order chi connectivity index (χ1) is 11.6. The second-order valence-electron chi connectivity index (χ2n) is 5.36. The largest absolute Gasteiger partial charge is 0.346 e. The topological polar surface area (TPSA) is 72.7 Å². The van der Waals surface area contributed by atoms with Crippen molar-refractivity contribution in [3.05, 3.63) is 71.1 Å². The van der Waals surface area contributed by atoms with Crippen molar-refractivity contribution in [3.63, 3.8) is 0 Å². The average Bonchev–Trinajstić information content (AvgIpc) is 2.98. The van der Waals surface area contributed by atoms with Crippen LogP contribution < -0.4 is 5.32 Å². The quantitative estimate of drug-likeness (QED) is 0.799. The third kappa shape index (κ3) is 3.01. The van der Waals surface area contributed by atoms with Crippen LogP contribution in [0.25, 0.3) is 5.69 Å². The number of pyridine rings is 1. The highest BCUT2D eigenvalue weighted by molar-refractivity contribution is 5.93. The minimum Gasteiger partial charge on any atom is -0.346 e. The van der Waals surface area contributed by atoms with E-state index in [2.05, 4.69) is 20.6 Å². The first-order valence-corrected chi connectivity index (χ1v) is 7.43. The zero-order chi connectivity index (χ0) is 17.1. The summed E-state index contributed by atoms with van der Waals surface area (Å²) in [4.78, 5) is 16.3. The Labute approximate surface area is 138 Å². The second-order valence-corrected chi connectivity index (χ2v) is 5.36. The molecular formula is C17H16FN5O. The van der Waals surface area contributed by atoms with Gasteiger partial charge in [-0.05, 0) is 37.6 Å². The molecule has 0 fully saturated rings. The molecule has 0 aliphatic rings. The van der Waals surface area contributed by atoms with Crippen molar-refractivity contribution < 1.29 is 9.18 Å². The van der Waals surface area contributed by atoms with E-state index in [1.807, 2.05) is 6.07 Å². The maximum atomic E-state index is 13.7. The molecule has 3 aromatic rings. The summed E-state index contributed by atoms with van der Waals surface area (Å²) < 4.78 is 15.2. The maximum Gasteiger partial charge on any atom is 0.274 e. The zero-order valence-corrected chi connectivity index (χ0v) is 13.3. The van der Waals surface area contributed by atoms with Crippen molar-refractivity contribution in [1.29, 1.82) is 0 Å². The monoisotopic (exact) mass is 325 g/mol. The van der Waals surface area contributed by atoms with Gasteiger partial charge in [0.1, 0.15) is 5.82 Å². The zero-order valence-electron chi connectivity index (χ0n) is 13.3. The number of amides is 1. The van der Waals surface area contributed by atoms with Gasteiger partial charge in [0.2, 0.25) is 0 Å². The van der Waals surface area contributed by atoms with Crippen molar-refractivity contribution in [3.8, 4) is 5.69 Å². The highest BCUT2D eigenvalue weighted by Crippen LogP contribution is 2.18. The van der Waals surface area contributed by atoms with Crippen molar-refractivity contribution in [2.75, 3.05) is 0 Å². The van der Waals surface area contributed by atoms with Crippen molar-refractivity contribution in [2.45, 2.75) is 20.4 Å². The molecule has 1 amide bonds. The number of hydrogen-bond donors (Lipinski definition) is 1. The fourth-order valence-electron chi connectivity index (χ4n) is 2.36. The Balaban J connectivity index is 1.82. The molecular weight excluding hydrogens is 309 g/mol. The van der Waals surface area contributed by atoms with Crippen LogP contribution in [-0.4, -0.2) is 25.9 Å². The van der Waals surface area contributed by atoms with Gasteiger partial charge in [-0.2, -0.15) is 0 Å². The molecule has 0 saturated carbocycles. The molecule has 3 rings (SSSR count). The van der Waals surface area contributed by atoms with Crippen LogP contribution >= 0.6 is 0 Å². The van der Waals surface area contributed by atoms with Gasteiger partial charge in [-0.25, -0.2) is 9.07 Å². The molecule has 1 aromatic carbocycles. The van der Waals surface area contributed by atoms with E-state index in [0.29, 0.717) is 23.5 Å². The molecule has 0 radical (unpaired) electrons. The lowest BCUT2D eigenvalue weighted by Gasteiger charge is -2.08. The highest BCUT2D eigenvalue weighted by Gasteiger charge is 2.18. The van der Waals surface area contributed by atoms with E-state index >= 15 is 0 Å². The van der Waals surface area contributed by atoms with Crippen LogP contribution in [0.4, 0.5) is 4.39 Å². The van der Waals surface area contributed by atoms with Gasteiger partial charge in [0.25, 0.3) is 5.91 Å². The molecule has 2 heterocycles. The number of carbonyl (C=O) groups excluding carboxylic acids is 1. The number of carbonyl (C=O) groups is 1. The van der Waals surface area contributed by atoms with E-state index in [1.165, 1.54) is 10.7 Å².